The van der Waals surface area contributed by atoms with Crippen LogP contribution in [0.5, 0.6) is 0 Å². The van der Waals surface area contributed by atoms with Crippen molar-refractivity contribution in [3.63, 3.8) is 0 Å². The van der Waals surface area contributed by atoms with Crippen LogP contribution in [0.4, 0.5) is 0 Å². The first kappa shape index (κ1) is 5.22. The number of hydrogen-bond donors (Lipinski definition) is 1. The summed E-state index contributed by atoms with van der Waals surface area (Å²) >= 11 is 0. The van der Waals surface area contributed by atoms with Crippen LogP contribution in [0.15, 0.2) is 12.3 Å². The molecule has 0 fully saturated rings. The van der Waals surface area contributed by atoms with Gasteiger partial charge in [0.05, 0.1) is 5.69 Å². The highest BCUT2D eigenvalue weighted by molar-refractivity contribution is 5.13. The van der Waals surface area contributed by atoms with E-state index in [0.29, 0.717) is 0 Å². The number of rotatable bonds is 0. The van der Waals surface area contributed by atoms with Crippen molar-refractivity contribution in [2.75, 3.05) is 0 Å². The molecule has 0 aliphatic heterocycles. The Morgan fingerprint density at radius 1 is 1.50 bits per heavy atom. The summed E-state index contributed by atoms with van der Waals surface area (Å²) < 4.78 is 1.12. The molecule has 1 aromatic rings. The molecule has 1 N–H and O–H groups in total. The van der Waals surface area contributed by atoms with Crippen molar-refractivity contribution in [1.29, 1.82) is 0 Å². The zero-order chi connectivity index (χ0) is 6.15. The van der Waals surface area contributed by atoms with E-state index in [4.69, 9.17) is 5.21 Å². The van der Waals surface area contributed by atoms with Gasteiger partial charge in [0, 0.05) is 6.20 Å². The third kappa shape index (κ3) is 0.689. The van der Waals surface area contributed by atoms with Gasteiger partial charge < -0.3 is 5.21 Å². The number of hydrogen-bond acceptors (Lipinski definition) is 1. The van der Waals surface area contributed by atoms with Gasteiger partial charge in [0.25, 0.3) is 0 Å². The molecule has 0 bridgehead atoms. The summed E-state index contributed by atoms with van der Waals surface area (Å²) in [5, 5.41) is 8.86. The molecule has 0 aromatic carbocycles. The fourth-order valence-corrected chi connectivity index (χ4v) is 0.728. The number of aryl methyl sites for hydroxylation is 2. The zero-order valence-corrected chi connectivity index (χ0v) is 5.05. The highest BCUT2D eigenvalue weighted by atomic mass is 16.5. The van der Waals surface area contributed by atoms with Gasteiger partial charge in [0.15, 0.2) is 0 Å². The average molecular weight is 111 g/mol. The lowest BCUT2D eigenvalue weighted by atomic mass is 10.4. The molecule has 0 radical (unpaired) electrons. The van der Waals surface area contributed by atoms with Crippen molar-refractivity contribution in [2.45, 2.75) is 13.8 Å². The topological polar surface area (TPSA) is 25.2 Å². The average Bonchev–Trinajstić information content (AvgIpc) is 1.85. The van der Waals surface area contributed by atoms with Crippen LogP contribution < -0.4 is 0 Å². The van der Waals surface area contributed by atoms with Crippen molar-refractivity contribution in [1.82, 2.24) is 4.73 Å². The minimum atomic E-state index is 0.877. The molecule has 2 nitrogen and oxygen atoms in total. The van der Waals surface area contributed by atoms with Gasteiger partial charge in [-0.15, -0.1) is 0 Å². The molecule has 0 saturated carbocycles. The van der Waals surface area contributed by atoms with Crippen LogP contribution in [-0.4, -0.2) is 9.94 Å². The quantitative estimate of drug-likeness (QED) is 0.502. The van der Waals surface area contributed by atoms with E-state index in [1.165, 1.54) is 0 Å². The van der Waals surface area contributed by atoms with E-state index in [1.807, 2.05) is 19.9 Å². The summed E-state index contributed by atoms with van der Waals surface area (Å²) in [7, 11) is 0. The second kappa shape index (κ2) is 1.54. The monoisotopic (exact) mass is 111 g/mol. The minimum Gasteiger partial charge on any atom is -0.429 e. The summed E-state index contributed by atoms with van der Waals surface area (Å²) in [5.41, 5.74) is 1.97. The molecular formula is C6H9NO. The molecule has 8 heavy (non-hydrogen) atoms. The Kier molecular flexibility index (Phi) is 1.01. The first-order chi connectivity index (χ1) is 3.70. The fourth-order valence-electron chi connectivity index (χ4n) is 0.728. The second-order valence-electron chi connectivity index (χ2n) is 2.00. The predicted molar refractivity (Wildman–Crippen MR) is 31.1 cm³/mol. The smallest absolute Gasteiger partial charge is 0.0538 e. The summed E-state index contributed by atoms with van der Waals surface area (Å²) in [6, 6.07) is 1.92. The summed E-state index contributed by atoms with van der Waals surface area (Å²) in [4.78, 5) is 0. The van der Waals surface area contributed by atoms with Crippen LogP contribution in [0.2, 0.25) is 0 Å². The predicted octanol–water partition coefficient (Wildman–Crippen LogP) is 1.34. The van der Waals surface area contributed by atoms with E-state index < -0.39 is 0 Å². The molecule has 2 heteroatoms. The maximum Gasteiger partial charge on any atom is 0.0538 e. The summed E-state index contributed by atoms with van der Waals surface area (Å²) in [6.07, 6.45) is 1.68. The first-order valence-electron chi connectivity index (χ1n) is 2.55. The van der Waals surface area contributed by atoms with E-state index >= 15 is 0 Å². The van der Waals surface area contributed by atoms with E-state index in [0.717, 1.165) is 16.0 Å². The molecule has 0 atom stereocenters. The van der Waals surface area contributed by atoms with Crippen LogP contribution in [0, 0.1) is 13.8 Å². The van der Waals surface area contributed by atoms with Crippen molar-refractivity contribution in [3.8, 4) is 0 Å². The van der Waals surface area contributed by atoms with E-state index in [-0.39, 0.29) is 0 Å². The van der Waals surface area contributed by atoms with E-state index in [1.54, 1.807) is 6.20 Å². The fraction of sp³-hybridized carbons (Fsp3) is 0.333. The summed E-state index contributed by atoms with van der Waals surface area (Å²) in [5.74, 6) is 0. The number of aromatic nitrogens is 1. The van der Waals surface area contributed by atoms with Gasteiger partial charge in [0.1, 0.15) is 0 Å². The third-order valence-corrected chi connectivity index (χ3v) is 1.12. The van der Waals surface area contributed by atoms with Gasteiger partial charge >= 0.3 is 0 Å². The minimum absolute atomic E-state index is 0.877. The van der Waals surface area contributed by atoms with Gasteiger partial charge in [0.2, 0.25) is 0 Å². The highest BCUT2D eigenvalue weighted by Gasteiger charge is 1.92. The molecule has 0 amide bonds. The Labute approximate surface area is 48.3 Å². The maximum absolute atomic E-state index is 8.86. The van der Waals surface area contributed by atoms with Crippen molar-refractivity contribution < 1.29 is 5.21 Å². The molecule has 0 spiro atoms. The molecule has 1 heterocycles. The maximum atomic E-state index is 8.86. The van der Waals surface area contributed by atoms with Crippen LogP contribution in [0.25, 0.3) is 0 Å². The zero-order valence-electron chi connectivity index (χ0n) is 5.05. The van der Waals surface area contributed by atoms with Gasteiger partial charge in [-0.25, -0.2) is 0 Å². The molecule has 0 saturated heterocycles. The molecule has 0 aliphatic rings. The molecule has 44 valence electrons. The normalized spacial score (nSPS) is 9.75. The molecule has 1 rings (SSSR count). The van der Waals surface area contributed by atoms with Crippen molar-refractivity contribution in [3.05, 3.63) is 23.5 Å². The Bertz CT molecular complexity index is 171. The van der Waals surface area contributed by atoms with E-state index in [9.17, 15) is 0 Å². The van der Waals surface area contributed by atoms with Crippen molar-refractivity contribution in [2.24, 2.45) is 0 Å². The Morgan fingerprint density at radius 3 is 2.25 bits per heavy atom. The van der Waals surface area contributed by atoms with Crippen molar-refractivity contribution >= 4 is 0 Å². The van der Waals surface area contributed by atoms with Gasteiger partial charge in [-0.05, 0) is 25.5 Å². The second-order valence-corrected chi connectivity index (χ2v) is 2.00. The standard InChI is InChI=1S/C6H9NO/c1-5-3-6(2)7(8)4-5/h3-4,8H,1-2H3. The lowest BCUT2D eigenvalue weighted by molar-refractivity contribution is 0.181. The lowest BCUT2D eigenvalue weighted by Gasteiger charge is -1.88. The molecule has 1 aromatic heterocycles. The van der Waals surface area contributed by atoms with E-state index in [2.05, 4.69) is 0 Å². The Morgan fingerprint density at radius 2 is 2.12 bits per heavy atom. The van der Waals surface area contributed by atoms with Gasteiger partial charge in [-0.2, -0.15) is 4.73 Å². The summed E-state index contributed by atoms with van der Waals surface area (Å²) in [6.45, 7) is 3.80. The lowest BCUT2D eigenvalue weighted by Crippen LogP contribution is -1.87. The first-order valence-corrected chi connectivity index (χ1v) is 2.55. The Hall–Kier alpha value is -0.920. The Balaban J connectivity index is 3.14. The SMILES string of the molecule is Cc1cc(C)n(O)c1. The van der Waals surface area contributed by atoms with Gasteiger partial charge in [-0.3, -0.25) is 0 Å². The van der Waals surface area contributed by atoms with Gasteiger partial charge in [-0.1, -0.05) is 0 Å². The molecule has 0 aliphatic carbocycles. The molecule has 0 unspecified atom stereocenters. The van der Waals surface area contributed by atoms with Crippen LogP contribution in [-0.2, 0) is 0 Å². The van der Waals surface area contributed by atoms with Crippen LogP contribution in [0.1, 0.15) is 11.3 Å². The number of nitrogens with zero attached hydrogens (tertiary/aromatic N) is 1. The highest BCUT2D eigenvalue weighted by Crippen LogP contribution is 2.01. The van der Waals surface area contributed by atoms with Crippen LogP contribution >= 0.6 is 0 Å². The van der Waals surface area contributed by atoms with Crippen LogP contribution in [0.3, 0.4) is 0 Å². The largest absolute Gasteiger partial charge is 0.429 e. The molecular weight excluding hydrogens is 102 g/mol. The third-order valence-electron chi connectivity index (χ3n) is 1.12.